The van der Waals surface area contributed by atoms with Gasteiger partial charge in [-0.2, -0.15) is 0 Å². The van der Waals surface area contributed by atoms with Crippen molar-refractivity contribution in [3.05, 3.63) is 5.82 Å². The maximum atomic E-state index is 10.5. The van der Waals surface area contributed by atoms with Crippen LogP contribution in [-0.4, -0.2) is 38.2 Å². The molecule has 94 valence electrons. The Morgan fingerprint density at radius 2 is 2.47 bits per heavy atom. The van der Waals surface area contributed by atoms with E-state index in [0.29, 0.717) is 5.16 Å². The normalized spacial score (nSPS) is 19.7. The molecule has 2 rings (SSSR count). The number of ether oxygens (including phenoxy) is 1. The number of rotatable bonds is 5. The molecule has 0 amide bonds. The highest BCUT2D eigenvalue weighted by Crippen LogP contribution is 2.29. The van der Waals surface area contributed by atoms with Gasteiger partial charge in [0.25, 0.3) is 0 Å². The van der Waals surface area contributed by atoms with Crippen LogP contribution in [-0.2, 0) is 16.1 Å². The van der Waals surface area contributed by atoms with Crippen LogP contribution >= 0.6 is 11.8 Å². The summed E-state index contributed by atoms with van der Waals surface area (Å²) in [5.41, 5.74) is 0. The third-order valence-electron chi connectivity index (χ3n) is 2.60. The summed E-state index contributed by atoms with van der Waals surface area (Å²) in [7, 11) is 0. The number of carboxylic acids is 1. The zero-order chi connectivity index (χ0) is 12.3. The lowest BCUT2D eigenvalue weighted by Crippen LogP contribution is -2.09. The van der Waals surface area contributed by atoms with Gasteiger partial charge in [-0.1, -0.05) is 11.8 Å². The van der Waals surface area contributed by atoms with Gasteiger partial charge in [0.15, 0.2) is 11.0 Å². The van der Waals surface area contributed by atoms with Crippen molar-refractivity contribution in [1.29, 1.82) is 0 Å². The summed E-state index contributed by atoms with van der Waals surface area (Å²) >= 11 is 1.19. The molecule has 1 aromatic heterocycles. The van der Waals surface area contributed by atoms with E-state index in [1.165, 1.54) is 11.8 Å². The molecule has 1 aliphatic heterocycles. The van der Waals surface area contributed by atoms with Crippen LogP contribution in [0.25, 0.3) is 0 Å². The first kappa shape index (κ1) is 12.4. The van der Waals surface area contributed by atoms with Crippen LogP contribution in [0.4, 0.5) is 0 Å². The Morgan fingerprint density at radius 1 is 1.65 bits per heavy atom. The smallest absolute Gasteiger partial charge is 0.313 e. The van der Waals surface area contributed by atoms with E-state index in [9.17, 15) is 4.79 Å². The van der Waals surface area contributed by atoms with Crippen LogP contribution in [0.2, 0.25) is 0 Å². The fourth-order valence-electron chi connectivity index (χ4n) is 1.85. The topological polar surface area (TPSA) is 77.2 Å². The van der Waals surface area contributed by atoms with Gasteiger partial charge in [-0.3, -0.25) is 4.79 Å². The monoisotopic (exact) mass is 257 g/mol. The number of aliphatic carboxylic acids is 1. The molecule has 1 unspecified atom stereocenters. The molecule has 7 heteroatoms. The second kappa shape index (κ2) is 5.50. The first-order chi connectivity index (χ1) is 8.22. The van der Waals surface area contributed by atoms with Crippen LogP contribution in [0.5, 0.6) is 0 Å². The van der Waals surface area contributed by atoms with Gasteiger partial charge in [0.2, 0.25) is 0 Å². The molecule has 2 heterocycles. The SMILES string of the molecule is CCn1c(SCC(=O)O)nnc1C1CCCO1. The molecular weight excluding hydrogens is 242 g/mol. The summed E-state index contributed by atoms with van der Waals surface area (Å²) in [5.74, 6) is -0.0267. The minimum atomic E-state index is -0.848. The number of hydrogen-bond acceptors (Lipinski definition) is 5. The number of carboxylic acid groups (broad SMARTS) is 1. The molecule has 1 atom stereocenters. The number of hydrogen-bond donors (Lipinski definition) is 1. The second-order valence-electron chi connectivity index (χ2n) is 3.77. The lowest BCUT2D eigenvalue weighted by molar-refractivity contribution is -0.133. The molecule has 0 aliphatic carbocycles. The van der Waals surface area contributed by atoms with Crippen molar-refractivity contribution in [2.75, 3.05) is 12.4 Å². The average molecular weight is 257 g/mol. The van der Waals surface area contributed by atoms with Gasteiger partial charge >= 0.3 is 5.97 Å². The number of aromatic nitrogens is 3. The number of thioether (sulfide) groups is 1. The summed E-state index contributed by atoms with van der Waals surface area (Å²) in [6, 6.07) is 0. The van der Waals surface area contributed by atoms with Crippen LogP contribution < -0.4 is 0 Å². The maximum absolute atomic E-state index is 10.5. The molecule has 1 aromatic rings. The van der Waals surface area contributed by atoms with Crippen LogP contribution in [0.3, 0.4) is 0 Å². The largest absolute Gasteiger partial charge is 0.481 e. The average Bonchev–Trinajstić information content (AvgIpc) is 2.94. The highest BCUT2D eigenvalue weighted by Gasteiger charge is 2.24. The molecule has 0 aromatic carbocycles. The van der Waals surface area contributed by atoms with Gasteiger partial charge in [-0.25, -0.2) is 0 Å². The molecule has 1 aliphatic rings. The molecule has 6 nitrogen and oxygen atoms in total. The molecule has 0 spiro atoms. The van der Waals surface area contributed by atoms with Crippen molar-refractivity contribution in [1.82, 2.24) is 14.8 Å². The van der Waals surface area contributed by atoms with Crippen molar-refractivity contribution in [3.8, 4) is 0 Å². The lowest BCUT2D eigenvalue weighted by atomic mass is 10.2. The Morgan fingerprint density at radius 3 is 3.06 bits per heavy atom. The molecule has 1 saturated heterocycles. The van der Waals surface area contributed by atoms with Crippen molar-refractivity contribution >= 4 is 17.7 Å². The fraction of sp³-hybridized carbons (Fsp3) is 0.700. The molecule has 0 saturated carbocycles. The van der Waals surface area contributed by atoms with Gasteiger partial charge in [-0.05, 0) is 19.8 Å². The van der Waals surface area contributed by atoms with E-state index in [1.807, 2.05) is 11.5 Å². The van der Waals surface area contributed by atoms with Gasteiger partial charge in [0.05, 0.1) is 5.75 Å². The van der Waals surface area contributed by atoms with E-state index in [4.69, 9.17) is 9.84 Å². The van der Waals surface area contributed by atoms with E-state index >= 15 is 0 Å². The third-order valence-corrected chi connectivity index (χ3v) is 3.56. The van der Waals surface area contributed by atoms with Crippen molar-refractivity contribution in [3.63, 3.8) is 0 Å². The van der Waals surface area contributed by atoms with Gasteiger partial charge < -0.3 is 14.4 Å². The van der Waals surface area contributed by atoms with E-state index in [2.05, 4.69) is 10.2 Å². The zero-order valence-electron chi connectivity index (χ0n) is 9.63. The third kappa shape index (κ3) is 2.78. The molecule has 1 fully saturated rings. The molecular formula is C10H15N3O3S. The van der Waals surface area contributed by atoms with Crippen molar-refractivity contribution in [2.24, 2.45) is 0 Å². The minimum Gasteiger partial charge on any atom is -0.481 e. The Kier molecular flexibility index (Phi) is 4.01. The van der Waals surface area contributed by atoms with Gasteiger partial charge in [-0.15, -0.1) is 10.2 Å². The molecule has 0 radical (unpaired) electrons. The second-order valence-corrected chi connectivity index (χ2v) is 4.71. The zero-order valence-corrected chi connectivity index (χ0v) is 10.4. The molecule has 0 bridgehead atoms. The standard InChI is InChI=1S/C10H15N3O3S/c1-2-13-9(7-4-3-5-16-7)11-12-10(13)17-6-8(14)15/h7H,2-6H2,1H3,(H,14,15). The summed E-state index contributed by atoms with van der Waals surface area (Å²) in [4.78, 5) is 10.5. The first-order valence-corrected chi connectivity index (χ1v) is 6.60. The first-order valence-electron chi connectivity index (χ1n) is 5.61. The lowest BCUT2D eigenvalue weighted by Gasteiger charge is -2.11. The summed E-state index contributed by atoms with van der Waals surface area (Å²) < 4.78 is 7.51. The maximum Gasteiger partial charge on any atom is 0.313 e. The highest BCUT2D eigenvalue weighted by molar-refractivity contribution is 7.99. The van der Waals surface area contributed by atoms with Crippen molar-refractivity contribution in [2.45, 2.75) is 37.6 Å². The van der Waals surface area contributed by atoms with E-state index in [0.717, 1.165) is 31.8 Å². The Hall–Kier alpha value is -1.08. The summed E-state index contributed by atoms with van der Waals surface area (Å²) in [6.45, 7) is 3.48. The molecule has 1 N–H and O–H groups in total. The Bertz CT molecular complexity index is 402. The van der Waals surface area contributed by atoms with E-state index < -0.39 is 5.97 Å². The quantitative estimate of drug-likeness (QED) is 0.802. The molecule has 17 heavy (non-hydrogen) atoms. The summed E-state index contributed by atoms with van der Waals surface area (Å²) in [6.07, 6.45) is 2.02. The van der Waals surface area contributed by atoms with E-state index in [1.54, 1.807) is 0 Å². The number of nitrogens with zero attached hydrogens (tertiary/aromatic N) is 3. The van der Waals surface area contributed by atoms with E-state index in [-0.39, 0.29) is 11.9 Å². The van der Waals surface area contributed by atoms with Crippen molar-refractivity contribution < 1.29 is 14.6 Å². The van der Waals surface area contributed by atoms with Gasteiger partial charge in [0.1, 0.15) is 6.10 Å². The fourth-order valence-corrected chi connectivity index (χ4v) is 2.58. The Labute approximate surface area is 103 Å². The predicted octanol–water partition coefficient (Wildman–Crippen LogP) is 1.33. The van der Waals surface area contributed by atoms with Crippen LogP contribution in [0.15, 0.2) is 5.16 Å². The highest BCUT2D eigenvalue weighted by atomic mass is 32.2. The van der Waals surface area contributed by atoms with Gasteiger partial charge in [0, 0.05) is 13.2 Å². The van der Waals surface area contributed by atoms with Crippen LogP contribution in [0.1, 0.15) is 31.7 Å². The number of carbonyl (C=O) groups is 1. The minimum absolute atomic E-state index is 0.00363. The summed E-state index contributed by atoms with van der Waals surface area (Å²) in [5, 5.41) is 17.5. The Balaban J connectivity index is 2.14. The predicted molar refractivity (Wildman–Crippen MR) is 62.0 cm³/mol. The van der Waals surface area contributed by atoms with Crippen LogP contribution in [0, 0.1) is 0 Å².